The second kappa shape index (κ2) is 5.59. The van der Waals surface area contributed by atoms with Gasteiger partial charge < -0.3 is 9.88 Å². The van der Waals surface area contributed by atoms with E-state index in [-0.39, 0.29) is 0 Å². The van der Waals surface area contributed by atoms with E-state index in [9.17, 15) is 0 Å². The lowest BCUT2D eigenvalue weighted by molar-refractivity contribution is 0.582. The Morgan fingerprint density at radius 2 is 2.12 bits per heavy atom. The maximum Gasteiger partial charge on any atom is 0.105 e. The third-order valence-corrected chi connectivity index (χ3v) is 2.86. The maximum atomic E-state index is 4.35. The average molecular weight is 230 g/mol. The molecule has 0 atom stereocenters. The second-order valence-corrected chi connectivity index (χ2v) is 4.11. The van der Waals surface area contributed by atoms with Gasteiger partial charge in [-0.15, -0.1) is 0 Å². The zero-order valence-corrected chi connectivity index (χ0v) is 10.3. The molecule has 2 rings (SSSR count). The maximum absolute atomic E-state index is 4.35. The number of hydrogen-bond donors (Lipinski definition) is 1. The predicted molar refractivity (Wildman–Crippen MR) is 67.6 cm³/mol. The van der Waals surface area contributed by atoms with Crippen molar-refractivity contribution < 1.29 is 0 Å². The zero-order chi connectivity index (χ0) is 12.1. The van der Waals surface area contributed by atoms with E-state index in [0.29, 0.717) is 0 Å². The minimum atomic E-state index is 0.820. The van der Waals surface area contributed by atoms with Crippen LogP contribution < -0.4 is 5.32 Å². The van der Waals surface area contributed by atoms with E-state index < -0.39 is 0 Å². The Kier molecular flexibility index (Phi) is 3.88. The van der Waals surface area contributed by atoms with Crippen molar-refractivity contribution in [1.82, 2.24) is 19.9 Å². The number of imidazole rings is 1. The summed E-state index contributed by atoms with van der Waals surface area (Å²) in [5.74, 6) is 1.06. The summed E-state index contributed by atoms with van der Waals surface area (Å²) < 4.78 is 2.14. The second-order valence-electron chi connectivity index (χ2n) is 4.11. The topological polar surface area (TPSA) is 42.7 Å². The summed E-state index contributed by atoms with van der Waals surface area (Å²) in [6, 6.07) is 4.05. The van der Waals surface area contributed by atoms with Gasteiger partial charge in [-0.2, -0.15) is 0 Å². The van der Waals surface area contributed by atoms with Gasteiger partial charge in [-0.1, -0.05) is 6.07 Å². The Morgan fingerprint density at radius 1 is 1.24 bits per heavy atom. The first-order valence-electron chi connectivity index (χ1n) is 5.86. The molecule has 2 heterocycles. The zero-order valence-electron chi connectivity index (χ0n) is 10.3. The Bertz CT molecular complexity index is 476. The smallest absolute Gasteiger partial charge is 0.105 e. The molecule has 1 N–H and O–H groups in total. The molecule has 0 unspecified atom stereocenters. The Labute approximate surface area is 102 Å². The van der Waals surface area contributed by atoms with Gasteiger partial charge in [0.1, 0.15) is 5.82 Å². The molecule has 0 aliphatic rings. The van der Waals surface area contributed by atoms with Crippen molar-refractivity contribution in [2.75, 3.05) is 6.54 Å². The van der Waals surface area contributed by atoms with Gasteiger partial charge in [0.15, 0.2) is 0 Å². The van der Waals surface area contributed by atoms with Gasteiger partial charge in [-0.25, -0.2) is 4.98 Å². The fourth-order valence-corrected chi connectivity index (χ4v) is 1.75. The summed E-state index contributed by atoms with van der Waals surface area (Å²) in [7, 11) is 0. The summed E-state index contributed by atoms with van der Waals surface area (Å²) in [4.78, 5) is 8.54. The molecule has 0 saturated carbocycles. The van der Waals surface area contributed by atoms with Gasteiger partial charge in [-0.3, -0.25) is 4.98 Å². The highest BCUT2D eigenvalue weighted by atomic mass is 15.1. The minimum absolute atomic E-state index is 0.820. The molecule has 0 aromatic carbocycles. The van der Waals surface area contributed by atoms with E-state index in [1.54, 1.807) is 0 Å². The molecule has 0 fully saturated rings. The number of aromatic nitrogens is 3. The number of nitrogens with one attached hydrogen (secondary N) is 1. The molecule has 2 aromatic rings. The highest BCUT2D eigenvalue weighted by molar-refractivity contribution is 5.17. The molecule has 4 heteroatoms. The Balaban J connectivity index is 1.77. The third-order valence-electron chi connectivity index (χ3n) is 2.86. The predicted octanol–water partition coefficient (Wildman–Crippen LogP) is 1.68. The molecule has 0 aliphatic carbocycles. The van der Waals surface area contributed by atoms with E-state index in [0.717, 1.165) is 31.2 Å². The van der Waals surface area contributed by atoms with Crippen LogP contribution in [0.3, 0.4) is 0 Å². The van der Waals surface area contributed by atoms with E-state index in [4.69, 9.17) is 0 Å². The van der Waals surface area contributed by atoms with Crippen LogP contribution in [0.1, 0.15) is 17.1 Å². The standard InChI is InChI=1S/C13H18N4/c1-11-4-3-5-16-13(11)10-14-6-8-17-9-7-15-12(17)2/h3-5,7,9,14H,6,8,10H2,1-2H3. The first-order valence-corrected chi connectivity index (χ1v) is 5.86. The van der Waals surface area contributed by atoms with Crippen LogP contribution in [-0.2, 0) is 13.1 Å². The molecule has 0 aliphatic heterocycles. The minimum Gasteiger partial charge on any atom is -0.334 e. The summed E-state index contributed by atoms with van der Waals surface area (Å²) in [5, 5.41) is 3.40. The van der Waals surface area contributed by atoms with Crippen molar-refractivity contribution in [3.8, 4) is 0 Å². The number of hydrogen-bond acceptors (Lipinski definition) is 3. The van der Waals surface area contributed by atoms with Crippen molar-refractivity contribution in [1.29, 1.82) is 0 Å². The van der Waals surface area contributed by atoms with Crippen LogP contribution in [0.5, 0.6) is 0 Å². The van der Waals surface area contributed by atoms with Crippen molar-refractivity contribution in [2.24, 2.45) is 0 Å². The molecule has 90 valence electrons. The summed E-state index contributed by atoms with van der Waals surface area (Å²) in [6.07, 6.45) is 5.67. The van der Waals surface area contributed by atoms with Crippen LogP contribution in [0.4, 0.5) is 0 Å². The van der Waals surface area contributed by atoms with Crippen molar-refractivity contribution in [3.05, 3.63) is 47.8 Å². The highest BCUT2D eigenvalue weighted by Crippen LogP contribution is 2.02. The van der Waals surface area contributed by atoms with Crippen LogP contribution in [0.25, 0.3) is 0 Å². The lowest BCUT2D eigenvalue weighted by Crippen LogP contribution is -2.20. The van der Waals surface area contributed by atoms with Gasteiger partial charge >= 0.3 is 0 Å². The summed E-state index contributed by atoms with van der Waals surface area (Å²) >= 11 is 0. The first kappa shape index (κ1) is 11.8. The van der Waals surface area contributed by atoms with E-state index in [1.807, 2.05) is 31.6 Å². The van der Waals surface area contributed by atoms with E-state index >= 15 is 0 Å². The lowest BCUT2D eigenvalue weighted by Gasteiger charge is -2.08. The Morgan fingerprint density at radius 3 is 2.82 bits per heavy atom. The molecular weight excluding hydrogens is 212 g/mol. The van der Waals surface area contributed by atoms with Gasteiger partial charge in [0, 0.05) is 38.2 Å². The first-order chi connectivity index (χ1) is 8.27. The van der Waals surface area contributed by atoms with Crippen molar-refractivity contribution >= 4 is 0 Å². The highest BCUT2D eigenvalue weighted by Gasteiger charge is 1.99. The van der Waals surface area contributed by atoms with E-state index in [1.165, 1.54) is 5.56 Å². The molecular formula is C13H18N4. The van der Waals surface area contributed by atoms with Gasteiger partial charge in [0.25, 0.3) is 0 Å². The molecule has 2 aromatic heterocycles. The number of rotatable bonds is 5. The number of aryl methyl sites for hydroxylation is 2. The molecule has 0 bridgehead atoms. The number of pyridine rings is 1. The number of nitrogens with zero attached hydrogens (tertiary/aromatic N) is 3. The quantitative estimate of drug-likeness (QED) is 0.795. The van der Waals surface area contributed by atoms with Gasteiger partial charge in [0.2, 0.25) is 0 Å². The fourth-order valence-electron chi connectivity index (χ4n) is 1.75. The SMILES string of the molecule is Cc1cccnc1CNCCn1ccnc1C. The molecule has 0 spiro atoms. The monoisotopic (exact) mass is 230 g/mol. The van der Waals surface area contributed by atoms with Gasteiger partial charge in [0.05, 0.1) is 5.69 Å². The van der Waals surface area contributed by atoms with Gasteiger partial charge in [-0.05, 0) is 25.5 Å². The molecule has 4 nitrogen and oxygen atoms in total. The van der Waals surface area contributed by atoms with Crippen LogP contribution in [0, 0.1) is 13.8 Å². The molecule has 0 amide bonds. The average Bonchev–Trinajstić information content (AvgIpc) is 2.73. The van der Waals surface area contributed by atoms with E-state index in [2.05, 4.69) is 32.8 Å². The fraction of sp³-hybridized carbons (Fsp3) is 0.385. The normalized spacial score (nSPS) is 10.7. The van der Waals surface area contributed by atoms with Crippen LogP contribution in [0.2, 0.25) is 0 Å². The summed E-state index contributed by atoms with van der Waals surface area (Å²) in [5.41, 5.74) is 2.36. The summed E-state index contributed by atoms with van der Waals surface area (Å²) in [6.45, 7) is 6.79. The molecule has 0 radical (unpaired) electrons. The van der Waals surface area contributed by atoms with Crippen molar-refractivity contribution in [2.45, 2.75) is 26.9 Å². The largest absolute Gasteiger partial charge is 0.334 e. The van der Waals surface area contributed by atoms with Crippen molar-refractivity contribution in [3.63, 3.8) is 0 Å². The lowest BCUT2D eigenvalue weighted by atomic mass is 10.2. The molecule has 17 heavy (non-hydrogen) atoms. The molecule has 0 saturated heterocycles. The van der Waals surface area contributed by atoms with Crippen LogP contribution in [0.15, 0.2) is 30.7 Å². The van der Waals surface area contributed by atoms with Crippen LogP contribution in [-0.4, -0.2) is 21.1 Å². The Hall–Kier alpha value is -1.68. The third kappa shape index (κ3) is 3.14. The van der Waals surface area contributed by atoms with Crippen LogP contribution >= 0.6 is 0 Å².